The van der Waals surface area contributed by atoms with Crippen LogP contribution in [-0.4, -0.2) is 79.4 Å². The number of likely N-dealkylation sites (N-methyl/N-ethyl adjacent to an activating group) is 1. The highest BCUT2D eigenvalue weighted by atomic mass is 16.6. The third-order valence-corrected chi connectivity index (χ3v) is 4.29. The molecular formula is C16H26N6O4. The molecule has 3 atom stereocenters. The number of rotatable bonds is 7. The molecular weight excluding hydrogens is 340 g/mol. The Kier molecular flexibility index (Phi) is 5.39. The van der Waals surface area contributed by atoms with E-state index in [9.17, 15) is 5.11 Å². The number of imidazole rings is 1. The number of ether oxygens (including phenoxy) is 2. The zero-order chi connectivity index (χ0) is 18.9. The molecule has 0 amide bonds. The maximum Gasteiger partial charge on any atom is 0.167 e. The smallest absolute Gasteiger partial charge is 0.167 e. The van der Waals surface area contributed by atoms with Gasteiger partial charge in [0.15, 0.2) is 17.3 Å². The third-order valence-electron chi connectivity index (χ3n) is 4.29. The van der Waals surface area contributed by atoms with E-state index in [1.807, 2.05) is 11.9 Å². The second kappa shape index (κ2) is 7.41. The number of aromatic nitrogens is 4. The van der Waals surface area contributed by atoms with Gasteiger partial charge in [-0.2, -0.15) is 0 Å². The van der Waals surface area contributed by atoms with E-state index in [2.05, 4.69) is 15.0 Å². The summed E-state index contributed by atoms with van der Waals surface area (Å²) in [6, 6.07) is 0. The zero-order valence-corrected chi connectivity index (χ0v) is 15.2. The van der Waals surface area contributed by atoms with Gasteiger partial charge in [0, 0.05) is 19.5 Å². The largest absolute Gasteiger partial charge is 0.395 e. The molecule has 2 aromatic heterocycles. The molecule has 2 aromatic rings. The normalized spacial score (nSPS) is 24.0. The van der Waals surface area contributed by atoms with Gasteiger partial charge >= 0.3 is 0 Å². The van der Waals surface area contributed by atoms with Crippen LogP contribution in [0.1, 0.15) is 26.5 Å². The summed E-state index contributed by atoms with van der Waals surface area (Å²) in [6.45, 7) is 4.33. The summed E-state index contributed by atoms with van der Waals surface area (Å²) in [5.74, 6) is -0.962. The van der Waals surface area contributed by atoms with Crippen molar-refractivity contribution in [1.29, 1.82) is 0 Å². The molecule has 26 heavy (non-hydrogen) atoms. The Morgan fingerprint density at radius 1 is 1.42 bits per heavy atom. The first-order valence-corrected chi connectivity index (χ1v) is 8.56. The Hall–Kier alpha value is -1.85. The van der Waals surface area contributed by atoms with Gasteiger partial charge in [-0.15, -0.1) is 0 Å². The van der Waals surface area contributed by atoms with Crippen LogP contribution in [0.2, 0.25) is 0 Å². The molecule has 10 heteroatoms. The number of aliphatic hydroxyl groups excluding tert-OH is 1. The molecule has 3 heterocycles. The first-order valence-electron chi connectivity index (χ1n) is 8.56. The minimum Gasteiger partial charge on any atom is -0.395 e. The summed E-state index contributed by atoms with van der Waals surface area (Å²) < 4.78 is 13.8. The van der Waals surface area contributed by atoms with Gasteiger partial charge in [0.1, 0.15) is 18.1 Å². The monoisotopic (exact) mass is 366 g/mol. The maximum atomic E-state index is 10.1. The first-order chi connectivity index (χ1) is 12.3. The zero-order valence-electron chi connectivity index (χ0n) is 15.2. The molecule has 0 bridgehead atoms. The number of nitrogens with zero attached hydrogens (tertiary/aromatic N) is 5. The van der Waals surface area contributed by atoms with Crippen LogP contribution in [0.15, 0.2) is 12.7 Å². The van der Waals surface area contributed by atoms with E-state index in [1.54, 1.807) is 24.7 Å². The number of nitrogens with two attached hydrogens (primary N) is 1. The van der Waals surface area contributed by atoms with E-state index in [4.69, 9.17) is 20.3 Å². The van der Waals surface area contributed by atoms with Crippen molar-refractivity contribution in [2.75, 3.05) is 32.5 Å². The summed E-state index contributed by atoms with van der Waals surface area (Å²) in [5, 5.41) is 19.2. The van der Waals surface area contributed by atoms with Crippen molar-refractivity contribution in [3.8, 4) is 0 Å². The topological polar surface area (TPSA) is 132 Å². The van der Waals surface area contributed by atoms with Crippen molar-refractivity contribution in [1.82, 2.24) is 24.4 Å². The Balaban J connectivity index is 1.83. The molecule has 0 radical (unpaired) electrons. The van der Waals surface area contributed by atoms with Gasteiger partial charge in [0.2, 0.25) is 0 Å². The van der Waals surface area contributed by atoms with Crippen LogP contribution in [0.25, 0.3) is 11.2 Å². The predicted molar refractivity (Wildman–Crippen MR) is 94.0 cm³/mol. The van der Waals surface area contributed by atoms with Crippen molar-refractivity contribution in [3.05, 3.63) is 12.7 Å². The average molecular weight is 366 g/mol. The van der Waals surface area contributed by atoms with E-state index < -0.39 is 5.79 Å². The number of anilines is 1. The number of fused-ring (bicyclic) bond motifs is 1. The second-order valence-corrected chi connectivity index (χ2v) is 7.04. The molecule has 144 valence electrons. The molecule has 0 saturated carbocycles. The summed E-state index contributed by atoms with van der Waals surface area (Å²) in [6.07, 6.45) is 2.59. The Morgan fingerprint density at radius 2 is 2.19 bits per heavy atom. The van der Waals surface area contributed by atoms with Gasteiger partial charge in [0.05, 0.1) is 25.1 Å². The Labute approximate surface area is 151 Å². The van der Waals surface area contributed by atoms with Crippen LogP contribution in [0.4, 0.5) is 5.82 Å². The lowest BCUT2D eigenvalue weighted by atomic mass is 10.1. The lowest BCUT2D eigenvalue weighted by Gasteiger charge is -2.28. The van der Waals surface area contributed by atoms with Crippen LogP contribution in [0.5, 0.6) is 0 Å². The summed E-state index contributed by atoms with van der Waals surface area (Å²) >= 11 is 0. The molecule has 4 N–H and O–H groups in total. The van der Waals surface area contributed by atoms with Crippen molar-refractivity contribution < 1.29 is 19.7 Å². The van der Waals surface area contributed by atoms with Crippen LogP contribution < -0.4 is 5.73 Å². The van der Waals surface area contributed by atoms with Gasteiger partial charge in [-0.05, 0) is 20.9 Å². The van der Waals surface area contributed by atoms with E-state index in [-0.39, 0.29) is 25.0 Å². The van der Waals surface area contributed by atoms with Gasteiger partial charge < -0.3 is 30.3 Å². The highest BCUT2D eigenvalue weighted by molar-refractivity contribution is 5.81. The van der Waals surface area contributed by atoms with E-state index in [1.165, 1.54) is 6.33 Å². The summed E-state index contributed by atoms with van der Waals surface area (Å²) in [4.78, 5) is 14.4. The predicted octanol–water partition coefficient (Wildman–Crippen LogP) is -0.266. The van der Waals surface area contributed by atoms with Gasteiger partial charge in [0.25, 0.3) is 0 Å². The fourth-order valence-electron chi connectivity index (χ4n) is 3.18. The SMILES string of the molecule is CN(CCO)CC1OC(n2cnc3c(N)ncnc32)CC1OC(C)(C)O. The fourth-order valence-corrected chi connectivity index (χ4v) is 3.18. The van der Waals surface area contributed by atoms with Gasteiger partial charge in [-0.1, -0.05) is 0 Å². The molecule has 3 unspecified atom stereocenters. The van der Waals surface area contributed by atoms with Crippen LogP contribution in [0.3, 0.4) is 0 Å². The molecule has 1 saturated heterocycles. The molecule has 10 nitrogen and oxygen atoms in total. The molecule has 0 spiro atoms. The third kappa shape index (κ3) is 4.10. The minimum atomic E-state index is -1.28. The second-order valence-electron chi connectivity index (χ2n) is 7.04. The van der Waals surface area contributed by atoms with Crippen molar-refractivity contribution in [2.45, 2.75) is 44.5 Å². The van der Waals surface area contributed by atoms with Crippen LogP contribution in [-0.2, 0) is 9.47 Å². The van der Waals surface area contributed by atoms with Crippen molar-refractivity contribution in [2.24, 2.45) is 0 Å². The van der Waals surface area contributed by atoms with Crippen molar-refractivity contribution in [3.63, 3.8) is 0 Å². The highest BCUT2D eigenvalue weighted by Gasteiger charge is 2.40. The number of nitrogen functional groups attached to an aromatic ring is 1. The van der Waals surface area contributed by atoms with Gasteiger partial charge in [-0.25, -0.2) is 15.0 Å². The summed E-state index contributed by atoms with van der Waals surface area (Å²) in [5.41, 5.74) is 6.97. The van der Waals surface area contributed by atoms with Crippen molar-refractivity contribution >= 4 is 17.0 Å². The van der Waals surface area contributed by atoms with E-state index >= 15 is 0 Å². The molecule has 1 aliphatic heterocycles. The molecule has 0 aromatic carbocycles. The molecule has 1 fully saturated rings. The lowest BCUT2D eigenvalue weighted by molar-refractivity contribution is -0.215. The molecule has 1 aliphatic rings. The molecule has 3 rings (SSSR count). The number of hydrogen-bond donors (Lipinski definition) is 3. The Morgan fingerprint density at radius 3 is 2.88 bits per heavy atom. The first kappa shape index (κ1) is 18.9. The molecule has 0 aliphatic carbocycles. The maximum absolute atomic E-state index is 10.1. The number of aliphatic hydroxyl groups is 2. The highest BCUT2D eigenvalue weighted by Crippen LogP contribution is 2.34. The van der Waals surface area contributed by atoms with Gasteiger partial charge in [-0.3, -0.25) is 4.57 Å². The quantitative estimate of drug-likeness (QED) is 0.567. The van der Waals surface area contributed by atoms with Crippen LogP contribution in [0, 0.1) is 0 Å². The Bertz CT molecular complexity index is 746. The standard InChI is InChI=1S/C16H26N6O4/c1-16(2,24)26-10-6-12(25-11(10)7-21(3)4-5-23)22-9-20-13-14(17)18-8-19-15(13)22/h8-12,23-24H,4-7H2,1-3H3,(H2,17,18,19). The number of hydrogen-bond acceptors (Lipinski definition) is 9. The van der Waals surface area contributed by atoms with Crippen LogP contribution >= 0.6 is 0 Å². The van der Waals surface area contributed by atoms with E-state index in [0.717, 1.165) is 0 Å². The van der Waals surface area contributed by atoms with E-state index in [0.29, 0.717) is 36.5 Å². The lowest BCUT2D eigenvalue weighted by Crippen LogP contribution is -2.41. The minimum absolute atomic E-state index is 0.0615. The fraction of sp³-hybridized carbons (Fsp3) is 0.688. The average Bonchev–Trinajstić information content (AvgIpc) is 3.11. The summed E-state index contributed by atoms with van der Waals surface area (Å²) in [7, 11) is 1.90.